The van der Waals surface area contributed by atoms with Crippen LogP contribution in [-0.2, 0) is 13.0 Å². The number of aromatic nitrogens is 1. The molecule has 102 valence electrons. The number of fused-ring (bicyclic) bond motifs is 1. The lowest BCUT2D eigenvalue weighted by molar-refractivity contribution is 0.0735. The molecule has 0 saturated carbocycles. The zero-order valence-corrected chi connectivity index (χ0v) is 11.6. The molecule has 0 fully saturated rings. The number of rotatable bonds is 1. The average Bonchev–Trinajstić information content (AvgIpc) is 2.47. The molecule has 0 atom stereocenters. The Morgan fingerprint density at radius 2 is 2.20 bits per heavy atom. The van der Waals surface area contributed by atoms with Gasteiger partial charge in [0, 0.05) is 31.2 Å². The molecule has 3 rings (SSSR count). The van der Waals surface area contributed by atoms with Gasteiger partial charge in [-0.2, -0.15) is 0 Å². The molecular formula is C15H14ClN3O. The second-order valence-electron chi connectivity index (χ2n) is 4.82. The average molecular weight is 288 g/mol. The largest absolute Gasteiger partial charge is 0.398 e. The minimum atomic E-state index is -0.0644. The number of halogens is 1. The minimum Gasteiger partial charge on any atom is -0.398 e. The van der Waals surface area contributed by atoms with Crippen molar-refractivity contribution in [3.63, 3.8) is 0 Å². The number of hydrogen-bond donors (Lipinski definition) is 1. The Morgan fingerprint density at radius 1 is 1.35 bits per heavy atom. The molecule has 0 bridgehead atoms. The van der Waals surface area contributed by atoms with Crippen molar-refractivity contribution >= 4 is 23.2 Å². The van der Waals surface area contributed by atoms with Crippen molar-refractivity contribution in [3.8, 4) is 0 Å². The molecule has 2 aromatic rings. The number of carbonyl (C=O) groups excluding carboxylic acids is 1. The number of hydrogen-bond acceptors (Lipinski definition) is 3. The number of anilines is 1. The lowest BCUT2D eigenvalue weighted by Crippen LogP contribution is -2.36. The molecule has 0 aliphatic carbocycles. The molecule has 20 heavy (non-hydrogen) atoms. The maximum Gasteiger partial charge on any atom is 0.255 e. The molecule has 5 heteroatoms. The van der Waals surface area contributed by atoms with E-state index in [0.717, 1.165) is 23.2 Å². The van der Waals surface area contributed by atoms with Gasteiger partial charge in [-0.05, 0) is 29.7 Å². The fourth-order valence-corrected chi connectivity index (χ4v) is 2.73. The number of pyridine rings is 1. The first-order valence-corrected chi connectivity index (χ1v) is 6.79. The van der Waals surface area contributed by atoms with Crippen LogP contribution in [0.1, 0.15) is 21.5 Å². The van der Waals surface area contributed by atoms with Gasteiger partial charge in [-0.15, -0.1) is 0 Å². The van der Waals surface area contributed by atoms with Crippen molar-refractivity contribution in [2.45, 2.75) is 13.0 Å². The molecule has 0 radical (unpaired) electrons. The van der Waals surface area contributed by atoms with Gasteiger partial charge in [0.1, 0.15) is 0 Å². The van der Waals surface area contributed by atoms with E-state index in [0.29, 0.717) is 23.7 Å². The summed E-state index contributed by atoms with van der Waals surface area (Å²) in [6.45, 7) is 1.22. The Bertz CT molecular complexity index is 672. The summed E-state index contributed by atoms with van der Waals surface area (Å²) in [5.41, 5.74) is 9.52. The summed E-state index contributed by atoms with van der Waals surface area (Å²) < 4.78 is 0. The molecule has 0 saturated heterocycles. The van der Waals surface area contributed by atoms with Crippen molar-refractivity contribution in [1.82, 2.24) is 9.88 Å². The second kappa shape index (κ2) is 5.13. The summed E-state index contributed by atoms with van der Waals surface area (Å²) in [6, 6.07) is 7.48. The Morgan fingerprint density at radius 3 is 3.00 bits per heavy atom. The van der Waals surface area contributed by atoms with Gasteiger partial charge in [0.2, 0.25) is 0 Å². The molecule has 4 nitrogen and oxygen atoms in total. The summed E-state index contributed by atoms with van der Waals surface area (Å²) >= 11 is 6.03. The van der Waals surface area contributed by atoms with Gasteiger partial charge < -0.3 is 10.6 Å². The fourth-order valence-electron chi connectivity index (χ4n) is 2.53. The van der Waals surface area contributed by atoms with Gasteiger partial charge in [0.15, 0.2) is 0 Å². The lowest BCUT2D eigenvalue weighted by Gasteiger charge is -2.29. The van der Waals surface area contributed by atoms with Gasteiger partial charge in [-0.25, -0.2) is 0 Å². The standard InChI is InChI=1S/C15H14ClN3O/c16-13-8-18-6-4-12(13)15(20)19-7-5-11-10(9-19)2-1-3-14(11)17/h1-4,6,8H,5,7,9,17H2. The first-order valence-electron chi connectivity index (χ1n) is 6.42. The topological polar surface area (TPSA) is 59.2 Å². The maximum atomic E-state index is 12.5. The number of nitrogen functional groups attached to an aromatic ring is 1. The summed E-state index contributed by atoms with van der Waals surface area (Å²) in [5, 5.41) is 0.385. The highest BCUT2D eigenvalue weighted by atomic mass is 35.5. The lowest BCUT2D eigenvalue weighted by atomic mass is 9.97. The first-order chi connectivity index (χ1) is 9.66. The fraction of sp³-hybridized carbons (Fsp3) is 0.200. The number of carbonyl (C=O) groups is 1. The third-order valence-electron chi connectivity index (χ3n) is 3.59. The molecule has 2 N–H and O–H groups in total. The quantitative estimate of drug-likeness (QED) is 0.820. The molecule has 2 heterocycles. The van der Waals surface area contributed by atoms with E-state index in [1.165, 1.54) is 6.20 Å². The van der Waals surface area contributed by atoms with Crippen LogP contribution < -0.4 is 5.73 Å². The van der Waals surface area contributed by atoms with Crippen LogP contribution in [0.2, 0.25) is 5.02 Å². The molecule has 1 aliphatic rings. The van der Waals surface area contributed by atoms with Crippen LogP contribution in [0.15, 0.2) is 36.7 Å². The monoisotopic (exact) mass is 287 g/mol. The Kier molecular flexibility index (Phi) is 3.32. The van der Waals surface area contributed by atoms with Crippen molar-refractivity contribution in [1.29, 1.82) is 0 Å². The summed E-state index contributed by atoms with van der Waals surface area (Å²) in [5.74, 6) is -0.0644. The third kappa shape index (κ3) is 2.23. The van der Waals surface area contributed by atoms with Gasteiger partial charge in [-0.1, -0.05) is 23.7 Å². The van der Waals surface area contributed by atoms with Crippen LogP contribution in [0.5, 0.6) is 0 Å². The molecule has 0 spiro atoms. The zero-order valence-electron chi connectivity index (χ0n) is 10.8. The van der Waals surface area contributed by atoms with Crippen molar-refractivity contribution in [2.75, 3.05) is 12.3 Å². The van der Waals surface area contributed by atoms with Crippen LogP contribution in [0.4, 0.5) is 5.69 Å². The van der Waals surface area contributed by atoms with Crippen molar-refractivity contribution in [3.05, 3.63) is 58.4 Å². The van der Waals surface area contributed by atoms with Crippen LogP contribution in [0.25, 0.3) is 0 Å². The Labute approximate surface area is 122 Å². The number of nitrogens with two attached hydrogens (primary N) is 1. The summed E-state index contributed by atoms with van der Waals surface area (Å²) in [4.78, 5) is 18.2. The van der Waals surface area contributed by atoms with Crippen LogP contribution in [-0.4, -0.2) is 22.3 Å². The third-order valence-corrected chi connectivity index (χ3v) is 3.89. The van der Waals surface area contributed by atoms with E-state index in [4.69, 9.17) is 17.3 Å². The van der Waals surface area contributed by atoms with Gasteiger partial charge in [0.25, 0.3) is 5.91 Å². The van der Waals surface area contributed by atoms with Gasteiger partial charge in [-0.3, -0.25) is 9.78 Å². The SMILES string of the molecule is Nc1cccc2c1CCN(C(=O)c1ccncc1Cl)C2. The van der Waals surface area contributed by atoms with E-state index in [9.17, 15) is 4.79 Å². The zero-order chi connectivity index (χ0) is 14.1. The van der Waals surface area contributed by atoms with E-state index < -0.39 is 0 Å². The van der Waals surface area contributed by atoms with Gasteiger partial charge >= 0.3 is 0 Å². The first kappa shape index (κ1) is 12.9. The highest BCUT2D eigenvalue weighted by Crippen LogP contribution is 2.26. The van der Waals surface area contributed by atoms with Crippen molar-refractivity contribution < 1.29 is 4.79 Å². The highest BCUT2D eigenvalue weighted by molar-refractivity contribution is 6.33. The summed E-state index contributed by atoms with van der Waals surface area (Å²) in [6.07, 6.45) is 3.84. The van der Waals surface area contributed by atoms with Gasteiger partial charge in [0.05, 0.1) is 10.6 Å². The molecule has 1 aromatic heterocycles. The van der Waals surface area contributed by atoms with E-state index in [-0.39, 0.29) is 5.91 Å². The molecule has 1 aliphatic heterocycles. The second-order valence-corrected chi connectivity index (χ2v) is 5.22. The molecule has 1 aromatic carbocycles. The Balaban J connectivity index is 1.88. The Hall–Kier alpha value is -2.07. The molecule has 0 unspecified atom stereocenters. The van der Waals surface area contributed by atoms with E-state index in [1.54, 1.807) is 17.2 Å². The van der Waals surface area contributed by atoms with E-state index in [1.807, 2.05) is 18.2 Å². The van der Waals surface area contributed by atoms with Crippen molar-refractivity contribution in [2.24, 2.45) is 0 Å². The molecular weight excluding hydrogens is 274 g/mol. The number of benzene rings is 1. The van der Waals surface area contributed by atoms with E-state index >= 15 is 0 Å². The smallest absolute Gasteiger partial charge is 0.255 e. The van der Waals surface area contributed by atoms with Crippen LogP contribution in [0, 0.1) is 0 Å². The predicted octanol–water partition coefficient (Wildman–Crippen LogP) is 2.52. The predicted molar refractivity (Wildman–Crippen MR) is 78.5 cm³/mol. The highest BCUT2D eigenvalue weighted by Gasteiger charge is 2.24. The number of nitrogens with zero attached hydrogens (tertiary/aromatic N) is 2. The maximum absolute atomic E-state index is 12.5. The van der Waals surface area contributed by atoms with Crippen LogP contribution in [0.3, 0.4) is 0 Å². The normalized spacial score (nSPS) is 13.9. The number of amides is 1. The van der Waals surface area contributed by atoms with Crippen LogP contribution >= 0.6 is 11.6 Å². The van der Waals surface area contributed by atoms with E-state index in [2.05, 4.69) is 4.98 Å². The minimum absolute atomic E-state index is 0.0644. The molecule has 1 amide bonds. The summed E-state index contributed by atoms with van der Waals surface area (Å²) in [7, 11) is 0.